The highest BCUT2D eigenvalue weighted by Gasteiger charge is 2.07. The summed E-state index contributed by atoms with van der Waals surface area (Å²) in [5, 5.41) is 10.5. The van der Waals surface area contributed by atoms with Crippen molar-refractivity contribution in [2.24, 2.45) is 11.0 Å². The zero-order valence-electron chi connectivity index (χ0n) is 9.59. The van der Waals surface area contributed by atoms with Crippen molar-refractivity contribution in [3.05, 3.63) is 33.0 Å². The van der Waals surface area contributed by atoms with Gasteiger partial charge in [0.25, 0.3) is 5.56 Å². The predicted molar refractivity (Wildman–Crippen MR) is 68.8 cm³/mol. The maximum absolute atomic E-state index is 11.7. The lowest BCUT2D eigenvalue weighted by Crippen LogP contribution is -2.23. The van der Waals surface area contributed by atoms with Crippen LogP contribution in [0.2, 0.25) is 0 Å². The van der Waals surface area contributed by atoms with Crippen LogP contribution in [0.15, 0.2) is 22.0 Å². The molecule has 90 valence electrons. The van der Waals surface area contributed by atoms with Gasteiger partial charge in [0, 0.05) is 6.21 Å². The standard InChI is InChI=1S/C11H14N4OS/c1-8-10(16)15(11(17)14-13-8)12-7-9-5-3-2-4-6-9/h2-3,7,9H,4-6H2,1H3,(H,14,17)/b12-7-/t9-/m0/s1. The molecular formula is C11H14N4OS. The van der Waals surface area contributed by atoms with Crippen LogP contribution in [0, 0.1) is 17.6 Å². The summed E-state index contributed by atoms with van der Waals surface area (Å²) < 4.78 is 1.42. The third kappa shape index (κ3) is 2.76. The van der Waals surface area contributed by atoms with Crippen molar-refractivity contribution in [3.63, 3.8) is 0 Å². The molecule has 1 N–H and O–H groups in total. The molecule has 1 aliphatic carbocycles. The van der Waals surface area contributed by atoms with E-state index in [9.17, 15) is 4.79 Å². The van der Waals surface area contributed by atoms with Gasteiger partial charge in [0.15, 0.2) is 0 Å². The maximum Gasteiger partial charge on any atom is 0.296 e. The summed E-state index contributed by atoms with van der Waals surface area (Å²) in [4.78, 5) is 11.7. The van der Waals surface area contributed by atoms with E-state index in [4.69, 9.17) is 12.2 Å². The van der Waals surface area contributed by atoms with Crippen LogP contribution >= 0.6 is 12.2 Å². The first kappa shape index (κ1) is 11.9. The number of aromatic nitrogens is 3. The van der Waals surface area contributed by atoms with E-state index in [-0.39, 0.29) is 10.3 Å². The summed E-state index contributed by atoms with van der Waals surface area (Å²) >= 11 is 4.98. The monoisotopic (exact) mass is 250 g/mol. The fraction of sp³-hybridized carbons (Fsp3) is 0.455. The van der Waals surface area contributed by atoms with Crippen molar-refractivity contribution in [2.45, 2.75) is 26.2 Å². The van der Waals surface area contributed by atoms with Crippen molar-refractivity contribution >= 4 is 18.4 Å². The van der Waals surface area contributed by atoms with E-state index in [2.05, 4.69) is 27.5 Å². The number of hydrogen-bond donors (Lipinski definition) is 1. The summed E-state index contributed by atoms with van der Waals surface area (Å²) in [7, 11) is 0. The van der Waals surface area contributed by atoms with Crippen molar-refractivity contribution in [3.8, 4) is 0 Å². The second-order valence-electron chi connectivity index (χ2n) is 4.04. The Balaban J connectivity index is 2.27. The molecule has 0 spiro atoms. The Morgan fingerprint density at radius 2 is 2.47 bits per heavy atom. The SMILES string of the molecule is Cc1n[nH]c(=S)n(/N=C\[C@H]2CC=CCC2)c1=O. The van der Waals surface area contributed by atoms with E-state index < -0.39 is 0 Å². The third-order valence-electron chi connectivity index (χ3n) is 2.72. The van der Waals surface area contributed by atoms with Crippen molar-refractivity contribution in [2.75, 3.05) is 0 Å². The Labute approximate surface area is 104 Å². The Hall–Kier alpha value is -1.56. The summed E-state index contributed by atoms with van der Waals surface area (Å²) in [5.74, 6) is 0.384. The van der Waals surface area contributed by atoms with Gasteiger partial charge in [-0.25, -0.2) is 0 Å². The minimum atomic E-state index is -0.267. The van der Waals surface area contributed by atoms with E-state index >= 15 is 0 Å². The first-order valence-corrected chi connectivity index (χ1v) is 5.97. The van der Waals surface area contributed by atoms with E-state index in [0.29, 0.717) is 11.6 Å². The fourth-order valence-corrected chi connectivity index (χ4v) is 1.87. The molecule has 5 nitrogen and oxygen atoms in total. The molecule has 1 aromatic rings. The van der Waals surface area contributed by atoms with Crippen LogP contribution in [0.5, 0.6) is 0 Å². The van der Waals surface area contributed by atoms with Crippen LogP contribution in [0.25, 0.3) is 0 Å². The molecule has 0 aliphatic heterocycles. The van der Waals surface area contributed by atoms with Crippen molar-refractivity contribution < 1.29 is 0 Å². The normalized spacial score (nSPS) is 19.9. The van der Waals surface area contributed by atoms with Gasteiger partial charge in [0.1, 0.15) is 5.69 Å². The largest absolute Gasteiger partial charge is 0.296 e. The number of aryl methyl sites for hydroxylation is 1. The van der Waals surface area contributed by atoms with E-state index in [1.54, 1.807) is 13.1 Å². The zero-order chi connectivity index (χ0) is 12.3. The molecule has 1 aliphatic rings. The Morgan fingerprint density at radius 3 is 3.18 bits per heavy atom. The first-order valence-electron chi connectivity index (χ1n) is 5.56. The van der Waals surface area contributed by atoms with Crippen molar-refractivity contribution in [1.82, 2.24) is 14.9 Å². The topological polar surface area (TPSA) is 63.0 Å². The van der Waals surface area contributed by atoms with Gasteiger partial charge in [-0.3, -0.25) is 9.89 Å². The lowest BCUT2D eigenvalue weighted by Gasteiger charge is -2.11. The molecule has 0 unspecified atom stereocenters. The highest BCUT2D eigenvalue weighted by atomic mass is 32.1. The molecule has 0 aromatic carbocycles. The number of allylic oxidation sites excluding steroid dienone is 2. The van der Waals surface area contributed by atoms with E-state index in [1.165, 1.54) is 4.68 Å². The van der Waals surface area contributed by atoms with Crippen LogP contribution in [0.3, 0.4) is 0 Å². The van der Waals surface area contributed by atoms with Gasteiger partial charge < -0.3 is 0 Å². The fourth-order valence-electron chi connectivity index (χ4n) is 1.69. The van der Waals surface area contributed by atoms with Gasteiger partial charge >= 0.3 is 0 Å². The molecule has 0 bridgehead atoms. The molecular weight excluding hydrogens is 236 g/mol. The van der Waals surface area contributed by atoms with Gasteiger partial charge in [0.2, 0.25) is 4.77 Å². The average molecular weight is 250 g/mol. The first-order chi connectivity index (χ1) is 8.18. The molecule has 6 heteroatoms. The highest BCUT2D eigenvalue weighted by molar-refractivity contribution is 7.71. The molecule has 1 heterocycles. The van der Waals surface area contributed by atoms with Crippen LogP contribution in [-0.4, -0.2) is 21.1 Å². The summed E-state index contributed by atoms with van der Waals surface area (Å²) in [6.07, 6.45) is 9.21. The lowest BCUT2D eigenvalue weighted by atomic mass is 9.96. The number of nitrogens with one attached hydrogen (secondary N) is 1. The molecule has 0 saturated heterocycles. The summed E-state index contributed by atoms with van der Waals surface area (Å²) in [6.45, 7) is 1.63. The van der Waals surface area contributed by atoms with Gasteiger partial charge in [-0.15, -0.1) is 0 Å². The number of hydrogen-bond acceptors (Lipinski definition) is 4. The van der Waals surface area contributed by atoms with Gasteiger partial charge in [-0.05, 0) is 44.3 Å². The number of H-pyrrole nitrogens is 1. The zero-order valence-corrected chi connectivity index (χ0v) is 10.4. The van der Waals surface area contributed by atoms with Crippen LogP contribution in [-0.2, 0) is 0 Å². The molecule has 1 atom stereocenters. The highest BCUT2D eigenvalue weighted by Crippen LogP contribution is 2.15. The maximum atomic E-state index is 11.7. The number of nitrogens with zero attached hydrogens (tertiary/aromatic N) is 3. The lowest BCUT2D eigenvalue weighted by molar-refractivity contribution is 0.617. The molecule has 0 radical (unpaired) electrons. The smallest absolute Gasteiger partial charge is 0.265 e. The van der Waals surface area contributed by atoms with Crippen LogP contribution in [0.1, 0.15) is 25.0 Å². The summed E-state index contributed by atoms with van der Waals surface area (Å²) in [6, 6.07) is 0. The second kappa shape index (κ2) is 5.18. The molecule has 0 saturated carbocycles. The minimum absolute atomic E-state index is 0.225. The van der Waals surface area contributed by atoms with E-state index in [1.807, 2.05) is 0 Å². The van der Waals surface area contributed by atoms with Gasteiger partial charge in [0.05, 0.1) is 0 Å². The molecule has 2 rings (SSSR count). The Kier molecular flexibility index (Phi) is 3.63. The second-order valence-corrected chi connectivity index (χ2v) is 4.43. The predicted octanol–water partition coefficient (Wildman–Crippen LogP) is 1.80. The number of aromatic amines is 1. The molecule has 17 heavy (non-hydrogen) atoms. The number of rotatable bonds is 2. The molecule has 1 aromatic heterocycles. The molecule has 0 amide bonds. The van der Waals surface area contributed by atoms with E-state index in [0.717, 1.165) is 19.3 Å². The summed E-state index contributed by atoms with van der Waals surface area (Å²) in [5.41, 5.74) is 0.0932. The Morgan fingerprint density at radius 1 is 1.65 bits per heavy atom. The van der Waals surface area contributed by atoms with Gasteiger partial charge in [-0.1, -0.05) is 12.2 Å². The van der Waals surface area contributed by atoms with Gasteiger partial charge in [-0.2, -0.15) is 14.9 Å². The van der Waals surface area contributed by atoms with Crippen molar-refractivity contribution in [1.29, 1.82) is 0 Å². The van der Waals surface area contributed by atoms with Crippen LogP contribution < -0.4 is 5.56 Å². The molecule has 0 fully saturated rings. The minimum Gasteiger partial charge on any atom is -0.265 e. The third-order valence-corrected chi connectivity index (χ3v) is 2.98. The average Bonchev–Trinajstić information content (AvgIpc) is 2.35. The Bertz CT molecular complexity index is 570. The van der Waals surface area contributed by atoms with Crippen LogP contribution in [0.4, 0.5) is 0 Å². The quantitative estimate of drug-likeness (QED) is 0.494.